The van der Waals surface area contributed by atoms with Gasteiger partial charge in [0.15, 0.2) is 6.10 Å². The Morgan fingerprint density at radius 1 is 0.848 bits per heavy atom. The first-order chi connectivity index (χ1) is 15.6. The zero-order valence-electron chi connectivity index (χ0n) is 19.8. The van der Waals surface area contributed by atoms with E-state index in [-0.39, 0.29) is 35.9 Å². The van der Waals surface area contributed by atoms with Crippen molar-refractivity contribution < 1.29 is 23.9 Å². The van der Waals surface area contributed by atoms with E-state index in [2.05, 4.69) is 10.6 Å². The Morgan fingerprint density at radius 3 is 2.00 bits per heavy atom. The van der Waals surface area contributed by atoms with Crippen molar-refractivity contribution in [2.45, 2.75) is 53.2 Å². The van der Waals surface area contributed by atoms with Crippen LogP contribution in [-0.2, 0) is 25.5 Å². The maximum Gasteiger partial charge on any atom is 0.329 e. The van der Waals surface area contributed by atoms with E-state index in [9.17, 15) is 19.2 Å². The predicted molar refractivity (Wildman–Crippen MR) is 127 cm³/mol. The molecule has 0 radical (unpaired) electrons. The van der Waals surface area contributed by atoms with Gasteiger partial charge in [-0.15, -0.1) is 0 Å². The second kappa shape index (κ2) is 11.9. The molecule has 0 saturated carbocycles. The standard InChI is InChI=1S/C26H32N2O5/c1-16(2)23(28-22(29)15-19-9-7-6-8-10-19)26(32)33-18(5)24(30)20-11-13-21(14-12-20)27-25(31)17(3)4/h6-14,16-18,23H,15H2,1-5H3,(H,27,31)(H,28,29)/t18?,23-/m0/s1. The number of esters is 1. The zero-order chi connectivity index (χ0) is 24.5. The highest BCUT2D eigenvalue weighted by molar-refractivity contribution is 6.01. The van der Waals surface area contributed by atoms with Gasteiger partial charge in [0.05, 0.1) is 6.42 Å². The SMILES string of the molecule is CC(C)C(=O)Nc1ccc(C(=O)C(C)OC(=O)[C@@H](NC(=O)Cc2ccccc2)C(C)C)cc1. The van der Waals surface area contributed by atoms with Gasteiger partial charge in [0.1, 0.15) is 6.04 Å². The van der Waals surface area contributed by atoms with Gasteiger partial charge in [-0.3, -0.25) is 14.4 Å². The Bertz CT molecular complexity index is 968. The first kappa shape index (κ1) is 25.8. The molecule has 0 fully saturated rings. The minimum atomic E-state index is -1.03. The van der Waals surface area contributed by atoms with Crippen molar-refractivity contribution in [2.24, 2.45) is 11.8 Å². The number of hydrogen-bond donors (Lipinski definition) is 2. The van der Waals surface area contributed by atoms with E-state index in [1.807, 2.05) is 30.3 Å². The Balaban J connectivity index is 1.97. The summed E-state index contributed by atoms with van der Waals surface area (Å²) in [6.07, 6.45) is -0.883. The maximum absolute atomic E-state index is 12.7. The lowest BCUT2D eigenvalue weighted by atomic mass is 10.0. The quantitative estimate of drug-likeness (QED) is 0.422. The fraction of sp³-hybridized carbons (Fsp3) is 0.385. The highest BCUT2D eigenvalue weighted by Crippen LogP contribution is 2.15. The molecule has 0 aliphatic carbocycles. The molecule has 0 aliphatic rings. The van der Waals surface area contributed by atoms with Gasteiger partial charge in [0, 0.05) is 17.2 Å². The van der Waals surface area contributed by atoms with Crippen molar-refractivity contribution in [1.82, 2.24) is 5.32 Å². The third kappa shape index (κ3) is 7.86. The molecule has 0 saturated heterocycles. The number of ketones is 1. The van der Waals surface area contributed by atoms with Crippen molar-refractivity contribution in [2.75, 3.05) is 5.32 Å². The number of hydrogen-bond acceptors (Lipinski definition) is 5. The molecule has 2 N–H and O–H groups in total. The van der Waals surface area contributed by atoms with Gasteiger partial charge in [-0.2, -0.15) is 0 Å². The Hall–Kier alpha value is -3.48. The van der Waals surface area contributed by atoms with Gasteiger partial charge in [-0.1, -0.05) is 58.0 Å². The maximum atomic E-state index is 12.7. The molecule has 2 atom stereocenters. The van der Waals surface area contributed by atoms with E-state index >= 15 is 0 Å². The number of amides is 2. The lowest BCUT2D eigenvalue weighted by Gasteiger charge is -2.23. The lowest BCUT2D eigenvalue weighted by Crippen LogP contribution is -2.47. The number of anilines is 1. The summed E-state index contributed by atoms with van der Waals surface area (Å²) in [5.41, 5.74) is 1.77. The van der Waals surface area contributed by atoms with Crippen LogP contribution in [0.4, 0.5) is 5.69 Å². The van der Waals surface area contributed by atoms with E-state index in [1.165, 1.54) is 6.92 Å². The van der Waals surface area contributed by atoms with Crippen molar-refractivity contribution in [3.63, 3.8) is 0 Å². The highest BCUT2D eigenvalue weighted by atomic mass is 16.5. The van der Waals surface area contributed by atoms with Crippen LogP contribution in [0.25, 0.3) is 0 Å². The van der Waals surface area contributed by atoms with Crippen molar-refractivity contribution in [3.8, 4) is 0 Å². The monoisotopic (exact) mass is 452 g/mol. The number of rotatable bonds is 10. The predicted octanol–water partition coefficient (Wildman–Crippen LogP) is 3.78. The summed E-state index contributed by atoms with van der Waals surface area (Å²) in [5.74, 6) is -1.83. The summed E-state index contributed by atoms with van der Waals surface area (Å²) >= 11 is 0. The molecule has 2 aromatic rings. The highest BCUT2D eigenvalue weighted by Gasteiger charge is 2.29. The number of carbonyl (C=O) groups excluding carboxylic acids is 4. The normalized spacial score (nSPS) is 12.7. The van der Waals surface area contributed by atoms with Gasteiger partial charge in [-0.25, -0.2) is 4.79 Å². The molecule has 2 aromatic carbocycles. The molecular formula is C26H32N2O5. The van der Waals surface area contributed by atoms with E-state index in [0.29, 0.717) is 11.3 Å². The summed E-state index contributed by atoms with van der Waals surface area (Å²) in [7, 11) is 0. The average molecular weight is 453 g/mol. The third-order valence-electron chi connectivity index (χ3n) is 5.07. The summed E-state index contributed by atoms with van der Waals surface area (Å²) in [5, 5.41) is 5.47. The van der Waals surface area contributed by atoms with Crippen LogP contribution in [0, 0.1) is 11.8 Å². The van der Waals surface area contributed by atoms with E-state index in [0.717, 1.165) is 5.56 Å². The molecule has 0 heterocycles. The van der Waals surface area contributed by atoms with Crippen molar-refractivity contribution >= 4 is 29.3 Å². The summed E-state index contributed by atoms with van der Waals surface area (Å²) in [6, 6.07) is 14.8. The molecule has 2 rings (SSSR count). The molecule has 7 nitrogen and oxygen atoms in total. The second-order valence-electron chi connectivity index (χ2n) is 8.62. The van der Waals surface area contributed by atoms with Crippen LogP contribution < -0.4 is 10.6 Å². The Kier molecular flexibility index (Phi) is 9.33. The van der Waals surface area contributed by atoms with Crippen LogP contribution >= 0.6 is 0 Å². The number of Topliss-reactive ketones (excluding diaryl/α,β-unsaturated/α-hetero) is 1. The minimum absolute atomic E-state index is 0.120. The number of ether oxygens (including phenoxy) is 1. The van der Waals surface area contributed by atoms with Crippen LogP contribution in [0.15, 0.2) is 54.6 Å². The largest absolute Gasteiger partial charge is 0.453 e. The Labute approximate surface area is 194 Å². The minimum Gasteiger partial charge on any atom is -0.453 e. The van der Waals surface area contributed by atoms with Gasteiger partial charge in [-0.05, 0) is 42.7 Å². The molecule has 176 valence electrons. The first-order valence-corrected chi connectivity index (χ1v) is 11.1. The van der Waals surface area contributed by atoms with Crippen LogP contribution in [0.2, 0.25) is 0 Å². The number of carbonyl (C=O) groups is 4. The molecular weight excluding hydrogens is 420 g/mol. The molecule has 0 aromatic heterocycles. The summed E-state index contributed by atoms with van der Waals surface area (Å²) in [4.78, 5) is 49.6. The molecule has 2 amide bonds. The van der Waals surface area contributed by atoms with Gasteiger partial charge in [0.25, 0.3) is 0 Å². The molecule has 0 aliphatic heterocycles. The third-order valence-corrected chi connectivity index (χ3v) is 5.07. The van der Waals surface area contributed by atoms with Crippen LogP contribution in [-0.4, -0.2) is 35.7 Å². The van der Waals surface area contributed by atoms with Crippen molar-refractivity contribution in [1.29, 1.82) is 0 Å². The topological polar surface area (TPSA) is 102 Å². The molecule has 1 unspecified atom stereocenters. The van der Waals surface area contributed by atoms with E-state index in [1.54, 1.807) is 52.0 Å². The second-order valence-corrected chi connectivity index (χ2v) is 8.62. The summed E-state index contributed by atoms with van der Waals surface area (Å²) in [6.45, 7) is 8.67. The van der Waals surface area contributed by atoms with Gasteiger partial charge >= 0.3 is 5.97 Å². The fourth-order valence-electron chi connectivity index (χ4n) is 3.04. The van der Waals surface area contributed by atoms with Gasteiger partial charge < -0.3 is 15.4 Å². The first-order valence-electron chi connectivity index (χ1n) is 11.1. The van der Waals surface area contributed by atoms with Crippen molar-refractivity contribution in [3.05, 3.63) is 65.7 Å². The van der Waals surface area contributed by atoms with Crippen LogP contribution in [0.5, 0.6) is 0 Å². The lowest BCUT2D eigenvalue weighted by molar-refractivity contribution is -0.151. The van der Waals surface area contributed by atoms with E-state index in [4.69, 9.17) is 4.74 Å². The average Bonchev–Trinajstić information content (AvgIpc) is 2.77. The molecule has 0 spiro atoms. The van der Waals surface area contributed by atoms with Gasteiger partial charge in [0.2, 0.25) is 17.6 Å². The Morgan fingerprint density at radius 2 is 1.45 bits per heavy atom. The van der Waals surface area contributed by atoms with Crippen LogP contribution in [0.1, 0.15) is 50.5 Å². The molecule has 7 heteroatoms. The number of nitrogens with one attached hydrogen (secondary N) is 2. The molecule has 0 bridgehead atoms. The summed E-state index contributed by atoms with van der Waals surface area (Å²) < 4.78 is 5.39. The molecule has 33 heavy (non-hydrogen) atoms. The van der Waals surface area contributed by atoms with Crippen LogP contribution in [0.3, 0.4) is 0 Å². The number of benzene rings is 2. The van der Waals surface area contributed by atoms with E-state index < -0.39 is 18.1 Å². The zero-order valence-corrected chi connectivity index (χ0v) is 19.8. The fourth-order valence-corrected chi connectivity index (χ4v) is 3.04. The smallest absolute Gasteiger partial charge is 0.329 e.